The number of rotatable bonds is 11. The van der Waals surface area contributed by atoms with Crippen molar-refractivity contribution in [3.63, 3.8) is 0 Å². The van der Waals surface area contributed by atoms with Gasteiger partial charge in [0.2, 0.25) is 12.2 Å². The number of nitrogens with zero attached hydrogens (tertiary/aromatic N) is 2. The lowest BCUT2D eigenvalue weighted by molar-refractivity contribution is -0.140. The highest BCUT2D eigenvalue weighted by atomic mass is 16.7. The second-order valence-corrected chi connectivity index (χ2v) is 11.5. The van der Waals surface area contributed by atoms with E-state index in [0.29, 0.717) is 38.5 Å². The topological polar surface area (TPSA) is 89.6 Å². The number of carbonyl (C=O) groups excluding carboxylic acids is 2. The normalized spacial score (nSPS) is 24.2. The number of nitrogens with one attached hydrogen (secondary N) is 1. The van der Waals surface area contributed by atoms with Crippen molar-refractivity contribution in [1.82, 2.24) is 15.1 Å². The highest BCUT2D eigenvalue weighted by molar-refractivity contribution is 5.79. The van der Waals surface area contributed by atoms with Gasteiger partial charge in [0.15, 0.2) is 0 Å². The van der Waals surface area contributed by atoms with Crippen LogP contribution >= 0.6 is 0 Å². The van der Waals surface area contributed by atoms with Crippen molar-refractivity contribution < 1.29 is 28.5 Å². The van der Waals surface area contributed by atoms with Crippen LogP contribution in [0.2, 0.25) is 0 Å². The van der Waals surface area contributed by atoms with E-state index in [1.807, 2.05) is 59.5 Å². The minimum Gasteiger partial charge on any atom is -0.494 e. The number of aryl methyl sites for hydroxylation is 1. The molecule has 0 saturated carbocycles. The van der Waals surface area contributed by atoms with Crippen LogP contribution in [0, 0.1) is 5.92 Å². The molecule has 4 saturated heterocycles. The molecule has 0 unspecified atom stereocenters. The van der Waals surface area contributed by atoms with E-state index < -0.39 is 5.54 Å². The van der Waals surface area contributed by atoms with Gasteiger partial charge in [-0.1, -0.05) is 42.5 Å². The molecule has 41 heavy (non-hydrogen) atoms. The van der Waals surface area contributed by atoms with Gasteiger partial charge in [-0.05, 0) is 68.0 Å². The molecular formula is C32H39N3O6. The Balaban J connectivity index is 0.967. The zero-order valence-electron chi connectivity index (χ0n) is 23.4. The summed E-state index contributed by atoms with van der Waals surface area (Å²) in [5, 5.41) is 3.15. The van der Waals surface area contributed by atoms with Gasteiger partial charge in [-0.15, -0.1) is 0 Å². The van der Waals surface area contributed by atoms with Crippen molar-refractivity contribution in [3.8, 4) is 5.75 Å². The summed E-state index contributed by atoms with van der Waals surface area (Å²) in [5.41, 5.74) is 1.44. The fourth-order valence-corrected chi connectivity index (χ4v) is 6.29. The molecule has 0 spiro atoms. The van der Waals surface area contributed by atoms with Gasteiger partial charge >= 0.3 is 6.09 Å². The predicted molar refractivity (Wildman–Crippen MR) is 152 cm³/mol. The van der Waals surface area contributed by atoms with Gasteiger partial charge in [0.05, 0.1) is 6.61 Å². The van der Waals surface area contributed by atoms with E-state index in [1.54, 1.807) is 12.5 Å². The van der Waals surface area contributed by atoms with E-state index in [9.17, 15) is 9.59 Å². The molecule has 1 N–H and O–H groups in total. The summed E-state index contributed by atoms with van der Waals surface area (Å²) in [7, 11) is 0. The van der Waals surface area contributed by atoms with Crippen LogP contribution < -0.4 is 10.1 Å². The lowest BCUT2D eigenvalue weighted by Gasteiger charge is -2.51. The molecule has 2 bridgehead atoms. The van der Waals surface area contributed by atoms with Crippen LogP contribution in [0.3, 0.4) is 0 Å². The summed E-state index contributed by atoms with van der Waals surface area (Å²) in [6.45, 7) is 4.47. The number of ether oxygens (including phenoxy) is 4. The molecule has 5 aliphatic heterocycles. The third-order valence-electron chi connectivity index (χ3n) is 8.72. The number of benzene rings is 2. The maximum absolute atomic E-state index is 13.1. The molecule has 4 fully saturated rings. The van der Waals surface area contributed by atoms with Gasteiger partial charge in [-0.2, -0.15) is 0 Å². The summed E-state index contributed by atoms with van der Waals surface area (Å²) >= 11 is 0. The summed E-state index contributed by atoms with van der Waals surface area (Å²) in [6, 6.07) is 17.8. The lowest BCUT2D eigenvalue weighted by Crippen LogP contribution is -2.69. The smallest absolute Gasteiger partial charge is 0.408 e. The maximum atomic E-state index is 13.1. The van der Waals surface area contributed by atoms with E-state index in [0.717, 1.165) is 62.2 Å². The van der Waals surface area contributed by atoms with Crippen molar-refractivity contribution in [3.05, 3.63) is 78.2 Å². The molecule has 9 nitrogen and oxygen atoms in total. The van der Waals surface area contributed by atoms with Gasteiger partial charge in [-0.25, -0.2) is 4.79 Å². The van der Waals surface area contributed by atoms with Crippen LogP contribution in [-0.2, 0) is 31.0 Å². The zero-order chi connectivity index (χ0) is 28.1. The minimum atomic E-state index is -0.631. The minimum absolute atomic E-state index is 0.0569. The maximum Gasteiger partial charge on any atom is 0.408 e. The van der Waals surface area contributed by atoms with Crippen molar-refractivity contribution in [2.75, 3.05) is 39.3 Å². The van der Waals surface area contributed by atoms with E-state index in [2.05, 4.69) is 10.2 Å². The van der Waals surface area contributed by atoms with Crippen LogP contribution in [0.4, 0.5) is 4.79 Å². The fraction of sp³-hybridized carbons (Fsp3) is 0.500. The van der Waals surface area contributed by atoms with E-state index in [-0.39, 0.29) is 24.4 Å². The molecule has 9 heteroatoms. The Kier molecular flexibility index (Phi) is 8.32. The first-order valence-electron chi connectivity index (χ1n) is 14.8. The number of alkyl carbamates (subject to hydrolysis) is 1. The predicted octanol–water partition coefficient (Wildman–Crippen LogP) is 4.18. The van der Waals surface area contributed by atoms with Gasteiger partial charge in [0.25, 0.3) is 0 Å². The molecule has 1 atom stereocenters. The Bertz CT molecular complexity index is 1200. The van der Waals surface area contributed by atoms with Crippen molar-refractivity contribution in [2.24, 2.45) is 5.92 Å². The van der Waals surface area contributed by atoms with Crippen LogP contribution in [0.15, 0.2) is 67.1 Å². The Morgan fingerprint density at radius 1 is 0.976 bits per heavy atom. The molecule has 218 valence electrons. The van der Waals surface area contributed by atoms with Crippen LogP contribution in [0.5, 0.6) is 5.75 Å². The van der Waals surface area contributed by atoms with Crippen molar-refractivity contribution in [1.29, 1.82) is 0 Å². The highest BCUT2D eigenvalue weighted by Crippen LogP contribution is 2.34. The largest absolute Gasteiger partial charge is 0.494 e. The first-order chi connectivity index (χ1) is 20.1. The van der Waals surface area contributed by atoms with Gasteiger partial charge < -0.3 is 29.2 Å². The fourth-order valence-electron chi connectivity index (χ4n) is 6.29. The molecule has 2 amide bonds. The highest BCUT2D eigenvalue weighted by Gasteiger charge is 2.48. The molecule has 2 aromatic rings. The first-order valence-corrected chi connectivity index (χ1v) is 14.8. The third-order valence-corrected chi connectivity index (χ3v) is 8.72. The van der Waals surface area contributed by atoms with Crippen molar-refractivity contribution >= 4 is 12.0 Å². The average Bonchev–Trinajstić information content (AvgIpc) is 3.51. The summed E-state index contributed by atoms with van der Waals surface area (Å²) in [6.07, 6.45) is 7.29. The quantitative estimate of drug-likeness (QED) is 0.412. The second-order valence-electron chi connectivity index (χ2n) is 11.5. The third kappa shape index (κ3) is 6.62. The number of fused-ring (bicyclic) bond motifs is 3. The number of hydrogen-bond donors (Lipinski definition) is 1. The first kappa shape index (κ1) is 27.4. The molecule has 2 aromatic carbocycles. The Labute approximate surface area is 241 Å². The Morgan fingerprint density at radius 3 is 2.39 bits per heavy atom. The summed E-state index contributed by atoms with van der Waals surface area (Å²) in [4.78, 5) is 30.3. The zero-order valence-corrected chi connectivity index (χ0v) is 23.4. The lowest BCUT2D eigenvalue weighted by atomic mass is 9.82. The van der Waals surface area contributed by atoms with Gasteiger partial charge in [-0.3, -0.25) is 9.69 Å². The molecule has 0 radical (unpaired) electrons. The van der Waals surface area contributed by atoms with Crippen LogP contribution in [0.1, 0.15) is 43.2 Å². The average molecular weight is 562 g/mol. The molecule has 0 aromatic heterocycles. The van der Waals surface area contributed by atoms with Crippen LogP contribution in [0.25, 0.3) is 0 Å². The number of piperidine rings is 3. The standard InChI is InChI=1S/C32H39N3O6/c36-29(13-10-24-8-11-27(12-9-24)38-18-4-7-30-39-19-20-40-30)35-22-32(23-35,26-5-2-1-3-6-26)33-31(37)41-28-21-34-16-14-25(28)15-17-34/h1-3,5-6,8-9,11-12,19-20,25,28,30H,4,7,10,13-18,21-23H2,(H,33,37)/t28-/m0/s1. The molecule has 5 aliphatic rings. The van der Waals surface area contributed by atoms with E-state index in [1.165, 1.54) is 0 Å². The monoisotopic (exact) mass is 561 g/mol. The van der Waals surface area contributed by atoms with E-state index >= 15 is 0 Å². The van der Waals surface area contributed by atoms with Gasteiger partial charge in [0.1, 0.15) is 29.9 Å². The summed E-state index contributed by atoms with van der Waals surface area (Å²) < 4.78 is 22.3. The Hall–Kier alpha value is -3.72. The Morgan fingerprint density at radius 2 is 1.71 bits per heavy atom. The number of hydrogen-bond acceptors (Lipinski definition) is 7. The number of amides is 2. The summed E-state index contributed by atoms with van der Waals surface area (Å²) in [5.74, 6) is 1.33. The number of carbonyl (C=O) groups is 2. The molecule has 5 heterocycles. The van der Waals surface area contributed by atoms with E-state index in [4.69, 9.17) is 18.9 Å². The van der Waals surface area contributed by atoms with Gasteiger partial charge in [0, 0.05) is 32.5 Å². The number of likely N-dealkylation sites (tertiary alicyclic amines) is 1. The van der Waals surface area contributed by atoms with Crippen molar-refractivity contribution in [2.45, 2.75) is 56.5 Å². The molecule has 7 rings (SSSR count). The molecule has 0 aliphatic carbocycles. The molecular weight excluding hydrogens is 522 g/mol. The SMILES string of the molecule is O=C(NC1(c2ccccc2)CN(C(=O)CCc2ccc(OCCCC3OC=CO3)cc2)C1)O[C@H]1CN2CCC1CC2. The second kappa shape index (κ2) is 12.4. The van der Waals surface area contributed by atoms with Crippen LogP contribution in [-0.4, -0.2) is 73.5 Å².